The molecular weight excluding hydrogens is 428 g/mol. The molecule has 176 valence electrons. The van der Waals surface area contributed by atoms with Crippen LogP contribution in [-0.2, 0) is 30.4 Å². The number of rotatable bonds is 8. The highest BCUT2D eigenvalue weighted by atomic mass is 16.7. The maximum absolute atomic E-state index is 12.5. The van der Waals surface area contributed by atoms with Gasteiger partial charge in [0.15, 0.2) is 0 Å². The minimum absolute atomic E-state index is 0.0883. The van der Waals surface area contributed by atoms with Gasteiger partial charge in [-0.3, -0.25) is 14.5 Å². The quantitative estimate of drug-likeness (QED) is 0.476. The zero-order valence-electron chi connectivity index (χ0n) is 19.1. The maximum Gasteiger partial charge on any atom is 0.413 e. The topological polar surface area (TPSA) is 111 Å². The standard InChI is InChI=1S/C24H28N2O7/c1-17(27)25-20-12-10-19(11-13-20)22(29)32-16-33-23(30)26(24(2,3)4)14-21(28)31-15-18-8-6-5-7-9-18/h5-13H,14-16H2,1-4H3,(H,25,27). The minimum atomic E-state index is -0.826. The van der Waals surface area contributed by atoms with Crippen LogP contribution in [0.15, 0.2) is 54.6 Å². The van der Waals surface area contributed by atoms with Crippen LogP contribution < -0.4 is 5.32 Å². The van der Waals surface area contributed by atoms with Crippen LogP contribution in [0.2, 0.25) is 0 Å². The van der Waals surface area contributed by atoms with Crippen LogP contribution in [-0.4, -0.2) is 47.7 Å². The van der Waals surface area contributed by atoms with Gasteiger partial charge in [-0.2, -0.15) is 0 Å². The van der Waals surface area contributed by atoms with E-state index in [1.54, 1.807) is 32.9 Å². The first kappa shape index (κ1) is 25.4. The monoisotopic (exact) mass is 456 g/mol. The fraction of sp³-hybridized carbons (Fsp3) is 0.333. The number of benzene rings is 2. The Bertz CT molecular complexity index is 967. The molecule has 9 heteroatoms. The lowest BCUT2D eigenvalue weighted by Crippen LogP contribution is -2.49. The second-order valence-electron chi connectivity index (χ2n) is 8.12. The Morgan fingerprint density at radius 3 is 2.09 bits per heavy atom. The van der Waals surface area contributed by atoms with Crippen LogP contribution in [0.25, 0.3) is 0 Å². The highest BCUT2D eigenvalue weighted by Crippen LogP contribution is 2.16. The summed E-state index contributed by atoms with van der Waals surface area (Å²) >= 11 is 0. The first-order chi connectivity index (χ1) is 15.6. The van der Waals surface area contributed by atoms with Gasteiger partial charge in [0.25, 0.3) is 0 Å². The second kappa shape index (κ2) is 11.7. The molecular formula is C24H28N2O7. The normalized spacial score (nSPS) is 10.7. The number of hydrogen-bond acceptors (Lipinski definition) is 7. The van der Waals surface area contributed by atoms with E-state index in [1.807, 2.05) is 30.3 Å². The average Bonchev–Trinajstić information content (AvgIpc) is 2.76. The number of carbonyl (C=O) groups is 4. The third-order valence-corrected chi connectivity index (χ3v) is 4.37. The summed E-state index contributed by atoms with van der Waals surface area (Å²) in [6.45, 7) is 5.72. The van der Waals surface area contributed by atoms with Crippen molar-refractivity contribution in [3.8, 4) is 0 Å². The Labute approximate surface area is 192 Å². The number of anilines is 1. The van der Waals surface area contributed by atoms with E-state index in [2.05, 4.69) is 5.32 Å². The Balaban J connectivity index is 1.85. The molecule has 2 amide bonds. The molecule has 33 heavy (non-hydrogen) atoms. The summed E-state index contributed by atoms with van der Waals surface area (Å²) in [7, 11) is 0. The Hall–Kier alpha value is -3.88. The molecule has 0 aliphatic rings. The largest absolute Gasteiger partial charge is 0.459 e. The fourth-order valence-corrected chi connectivity index (χ4v) is 2.68. The van der Waals surface area contributed by atoms with Gasteiger partial charge >= 0.3 is 18.0 Å². The summed E-state index contributed by atoms with van der Waals surface area (Å²) < 4.78 is 15.3. The van der Waals surface area contributed by atoms with Gasteiger partial charge in [0.2, 0.25) is 12.7 Å². The summed E-state index contributed by atoms with van der Waals surface area (Å²) in [6.07, 6.45) is -0.826. The summed E-state index contributed by atoms with van der Waals surface area (Å²) in [5.74, 6) is -1.53. The molecule has 0 unspecified atom stereocenters. The Morgan fingerprint density at radius 1 is 0.879 bits per heavy atom. The fourth-order valence-electron chi connectivity index (χ4n) is 2.68. The number of nitrogens with zero attached hydrogens (tertiary/aromatic N) is 1. The predicted octanol–water partition coefficient (Wildman–Crippen LogP) is 3.74. The van der Waals surface area contributed by atoms with Crippen LogP contribution in [0.3, 0.4) is 0 Å². The molecule has 0 bridgehead atoms. The molecule has 2 rings (SSSR count). The SMILES string of the molecule is CC(=O)Nc1ccc(C(=O)OCOC(=O)N(CC(=O)OCc2ccccc2)C(C)(C)C)cc1. The number of carbonyl (C=O) groups excluding carboxylic acids is 4. The molecule has 0 atom stereocenters. The Kier molecular flexibility index (Phi) is 8.97. The van der Waals surface area contributed by atoms with Crippen molar-refractivity contribution in [3.05, 3.63) is 65.7 Å². The molecule has 2 aromatic rings. The van der Waals surface area contributed by atoms with Gasteiger partial charge in [0.1, 0.15) is 13.2 Å². The molecule has 9 nitrogen and oxygen atoms in total. The molecule has 0 saturated carbocycles. The lowest BCUT2D eigenvalue weighted by atomic mass is 10.1. The van der Waals surface area contributed by atoms with Crippen molar-refractivity contribution in [2.24, 2.45) is 0 Å². The van der Waals surface area contributed by atoms with E-state index in [9.17, 15) is 19.2 Å². The van der Waals surface area contributed by atoms with Crippen molar-refractivity contribution in [2.45, 2.75) is 39.8 Å². The molecule has 0 aliphatic carbocycles. The van der Waals surface area contributed by atoms with Crippen molar-refractivity contribution in [1.82, 2.24) is 4.90 Å². The molecule has 0 fully saturated rings. The van der Waals surface area contributed by atoms with Gasteiger partial charge in [-0.05, 0) is 50.6 Å². The first-order valence-electron chi connectivity index (χ1n) is 10.2. The van der Waals surface area contributed by atoms with Gasteiger partial charge in [-0.15, -0.1) is 0 Å². The number of amides is 2. The van der Waals surface area contributed by atoms with E-state index in [0.717, 1.165) is 5.56 Å². The van der Waals surface area contributed by atoms with Crippen molar-refractivity contribution in [2.75, 3.05) is 18.7 Å². The van der Waals surface area contributed by atoms with Gasteiger partial charge < -0.3 is 19.5 Å². The number of hydrogen-bond donors (Lipinski definition) is 1. The zero-order valence-corrected chi connectivity index (χ0v) is 19.1. The summed E-state index contributed by atoms with van der Waals surface area (Å²) in [5.41, 5.74) is 0.836. The summed E-state index contributed by atoms with van der Waals surface area (Å²) in [6, 6.07) is 15.2. The van der Waals surface area contributed by atoms with Crippen molar-refractivity contribution < 1.29 is 33.4 Å². The van der Waals surface area contributed by atoms with Gasteiger partial charge in [-0.1, -0.05) is 30.3 Å². The zero-order chi connectivity index (χ0) is 24.4. The third-order valence-electron chi connectivity index (χ3n) is 4.37. The van der Waals surface area contributed by atoms with Crippen LogP contribution >= 0.6 is 0 Å². The first-order valence-corrected chi connectivity index (χ1v) is 10.2. The van der Waals surface area contributed by atoms with E-state index in [1.165, 1.54) is 24.0 Å². The molecule has 1 N–H and O–H groups in total. The molecule has 2 aromatic carbocycles. The lowest BCUT2D eigenvalue weighted by molar-refractivity contribution is -0.147. The van der Waals surface area contributed by atoms with E-state index in [0.29, 0.717) is 5.69 Å². The lowest BCUT2D eigenvalue weighted by Gasteiger charge is -2.33. The number of nitrogens with one attached hydrogen (secondary N) is 1. The van der Waals surface area contributed by atoms with Gasteiger partial charge in [0.05, 0.1) is 5.56 Å². The smallest absolute Gasteiger partial charge is 0.413 e. The van der Waals surface area contributed by atoms with Crippen LogP contribution in [0.5, 0.6) is 0 Å². The number of ether oxygens (including phenoxy) is 3. The van der Waals surface area contributed by atoms with Crippen LogP contribution in [0.1, 0.15) is 43.6 Å². The maximum atomic E-state index is 12.5. The molecule has 0 radical (unpaired) electrons. The summed E-state index contributed by atoms with van der Waals surface area (Å²) in [5, 5.41) is 2.59. The van der Waals surface area contributed by atoms with E-state index in [4.69, 9.17) is 14.2 Å². The summed E-state index contributed by atoms with van der Waals surface area (Å²) in [4.78, 5) is 49.2. The van der Waals surface area contributed by atoms with Crippen molar-refractivity contribution >= 4 is 29.6 Å². The molecule has 0 aromatic heterocycles. The average molecular weight is 456 g/mol. The molecule has 0 saturated heterocycles. The predicted molar refractivity (Wildman–Crippen MR) is 120 cm³/mol. The van der Waals surface area contributed by atoms with E-state index < -0.39 is 30.4 Å². The van der Waals surface area contributed by atoms with Crippen molar-refractivity contribution in [1.29, 1.82) is 0 Å². The highest BCUT2D eigenvalue weighted by Gasteiger charge is 2.30. The molecule has 0 spiro atoms. The van der Waals surface area contributed by atoms with Crippen LogP contribution in [0.4, 0.5) is 10.5 Å². The van der Waals surface area contributed by atoms with Gasteiger partial charge in [-0.25, -0.2) is 9.59 Å². The Morgan fingerprint density at radius 2 is 1.52 bits per heavy atom. The highest BCUT2D eigenvalue weighted by molar-refractivity contribution is 5.92. The van der Waals surface area contributed by atoms with E-state index in [-0.39, 0.29) is 24.6 Å². The third kappa shape index (κ3) is 8.64. The second-order valence-corrected chi connectivity index (χ2v) is 8.12. The van der Waals surface area contributed by atoms with Gasteiger partial charge in [0, 0.05) is 18.2 Å². The number of esters is 2. The van der Waals surface area contributed by atoms with Crippen molar-refractivity contribution in [3.63, 3.8) is 0 Å². The molecule has 0 heterocycles. The van der Waals surface area contributed by atoms with E-state index >= 15 is 0 Å². The minimum Gasteiger partial charge on any atom is -0.459 e. The van der Waals surface area contributed by atoms with Crippen LogP contribution in [0, 0.1) is 0 Å². The molecule has 0 aliphatic heterocycles.